The average Bonchev–Trinajstić information content (AvgIpc) is 3.14. The van der Waals surface area contributed by atoms with Gasteiger partial charge in [0.1, 0.15) is 5.76 Å². The van der Waals surface area contributed by atoms with Crippen LogP contribution in [0.1, 0.15) is 31.1 Å². The molecule has 0 saturated carbocycles. The normalized spacial score (nSPS) is 17.9. The van der Waals surface area contributed by atoms with Gasteiger partial charge in [-0.3, -0.25) is 14.8 Å². The van der Waals surface area contributed by atoms with Gasteiger partial charge in [0.05, 0.1) is 18.8 Å². The highest BCUT2D eigenvalue weighted by atomic mass is 19.4. The quantitative estimate of drug-likeness (QED) is 0.528. The molecule has 1 aromatic heterocycles. The van der Waals surface area contributed by atoms with Gasteiger partial charge in [-0.25, -0.2) is 0 Å². The van der Waals surface area contributed by atoms with Crippen molar-refractivity contribution >= 4 is 5.96 Å². The van der Waals surface area contributed by atoms with Gasteiger partial charge in [-0.15, -0.1) is 0 Å². The molecule has 154 valence electrons. The maximum atomic E-state index is 12.4. The van der Waals surface area contributed by atoms with Crippen molar-refractivity contribution in [1.82, 2.24) is 20.4 Å². The Morgan fingerprint density at radius 1 is 1.30 bits per heavy atom. The van der Waals surface area contributed by atoms with E-state index < -0.39 is 12.7 Å². The highest BCUT2D eigenvalue weighted by Gasteiger charge is 2.29. The molecule has 1 atom stereocenters. The second kappa shape index (κ2) is 10.6. The first-order chi connectivity index (χ1) is 12.9. The molecule has 0 amide bonds. The summed E-state index contributed by atoms with van der Waals surface area (Å²) in [6, 6.07) is 3.96. The van der Waals surface area contributed by atoms with Crippen molar-refractivity contribution in [3.05, 3.63) is 24.2 Å². The Hall–Kier alpha value is -1.74. The molecule has 0 aromatic carbocycles. The highest BCUT2D eigenvalue weighted by Crippen LogP contribution is 2.24. The Kier molecular flexibility index (Phi) is 8.43. The lowest BCUT2D eigenvalue weighted by Gasteiger charge is -2.33. The Morgan fingerprint density at radius 2 is 2.04 bits per heavy atom. The van der Waals surface area contributed by atoms with Crippen LogP contribution in [0, 0.1) is 0 Å². The van der Waals surface area contributed by atoms with Crippen LogP contribution in [-0.4, -0.2) is 75.3 Å². The summed E-state index contributed by atoms with van der Waals surface area (Å²) < 4.78 is 42.7. The molecule has 1 aliphatic rings. The van der Waals surface area contributed by atoms with E-state index in [0.29, 0.717) is 19.0 Å². The minimum absolute atomic E-state index is 0.103. The van der Waals surface area contributed by atoms with E-state index in [1.807, 2.05) is 12.1 Å². The third-order valence-corrected chi connectivity index (χ3v) is 4.62. The van der Waals surface area contributed by atoms with Gasteiger partial charge in [-0.2, -0.15) is 13.2 Å². The zero-order chi connectivity index (χ0) is 19.7. The monoisotopic (exact) mass is 389 g/mol. The van der Waals surface area contributed by atoms with E-state index in [1.165, 1.54) is 31.2 Å². The van der Waals surface area contributed by atoms with Gasteiger partial charge in [0.2, 0.25) is 0 Å². The number of hydrogen-bond donors (Lipinski definition) is 2. The second-order valence-electron chi connectivity index (χ2n) is 6.86. The number of likely N-dealkylation sites (N-methyl/N-ethyl adjacent to an activating group) is 1. The molecular formula is C18H30F3N5O. The van der Waals surface area contributed by atoms with Crippen molar-refractivity contribution < 1.29 is 17.6 Å². The van der Waals surface area contributed by atoms with Gasteiger partial charge in [-0.05, 0) is 45.1 Å². The van der Waals surface area contributed by atoms with Crippen LogP contribution in [-0.2, 0) is 0 Å². The van der Waals surface area contributed by atoms with E-state index in [9.17, 15) is 13.2 Å². The molecule has 1 aliphatic heterocycles. The van der Waals surface area contributed by atoms with Crippen molar-refractivity contribution in [2.75, 3.05) is 53.4 Å². The fourth-order valence-corrected chi connectivity index (χ4v) is 3.28. The summed E-state index contributed by atoms with van der Waals surface area (Å²) in [5, 5.41) is 6.34. The molecule has 1 unspecified atom stereocenters. The van der Waals surface area contributed by atoms with Gasteiger partial charge < -0.3 is 15.1 Å². The lowest BCUT2D eigenvalue weighted by molar-refractivity contribution is -0.142. The number of alkyl halides is 3. The number of rotatable bonds is 8. The lowest BCUT2D eigenvalue weighted by atomic mass is 10.1. The number of furan rings is 1. The van der Waals surface area contributed by atoms with Crippen LogP contribution in [0.15, 0.2) is 27.8 Å². The zero-order valence-electron chi connectivity index (χ0n) is 16.1. The summed E-state index contributed by atoms with van der Waals surface area (Å²) in [6.45, 7) is 2.40. The van der Waals surface area contributed by atoms with Gasteiger partial charge in [-0.1, -0.05) is 6.42 Å². The molecule has 0 bridgehead atoms. The van der Waals surface area contributed by atoms with E-state index in [-0.39, 0.29) is 12.6 Å². The number of halogens is 3. The number of aliphatic imine (C=N–C) groups is 1. The Morgan fingerprint density at radius 3 is 2.63 bits per heavy atom. The molecule has 0 spiro atoms. The third-order valence-electron chi connectivity index (χ3n) is 4.62. The van der Waals surface area contributed by atoms with Gasteiger partial charge >= 0.3 is 6.18 Å². The third kappa shape index (κ3) is 7.80. The molecule has 0 aliphatic carbocycles. The second-order valence-corrected chi connectivity index (χ2v) is 6.86. The molecule has 6 nitrogen and oxygen atoms in total. The smallest absolute Gasteiger partial charge is 0.401 e. The molecule has 9 heteroatoms. The maximum absolute atomic E-state index is 12.4. The molecule has 0 radical (unpaired) electrons. The Bertz CT molecular complexity index is 556. The SMILES string of the molecule is CN=C(NCCN(C)CC(F)(F)F)NCC(c1ccco1)N1CCCCC1. The molecule has 1 aromatic rings. The van der Waals surface area contributed by atoms with Crippen molar-refractivity contribution in [1.29, 1.82) is 0 Å². The van der Waals surface area contributed by atoms with Gasteiger partial charge in [0.25, 0.3) is 0 Å². The first-order valence-electron chi connectivity index (χ1n) is 9.36. The van der Waals surface area contributed by atoms with Gasteiger partial charge in [0.15, 0.2) is 5.96 Å². The summed E-state index contributed by atoms with van der Waals surface area (Å²) in [6.07, 6.45) is 1.10. The summed E-state index contributed by atoms with van der Waals surface area (Å²) >= 11 is 0. The molecule has 2 heterocycles. The molecule has 1 saturated heterocycles. The number of nitrogens with one attached hydrogen (secondary N) is 2. The van der Waals surface area contributed by atoms with Crippen LogP contribution >= 0.6 is 0 Å². The first kappa shape index (κ1) is 21.6. The first-order valence-corrected chi connectivity index (χ1v) is 9.36. The molecule has 27 heavy (non-hydrogen) atoms. The summed E-state index contributed by atoms with van der Waals surface area (Å²) in [4.78, 5) is 7.80. The number of nitrogens with zero attached hydrogens (tertiary/aromatic N) is 3. The van der Waals surface area contributed by atoms with E-state index in [4.69, 9.17) is 4.42 Å². The predicted octanol–water partition coefficient (Wildman–Crippen LogP) is 2.47. The fourth-order valence-electron chi connectivity index (χ4n) is 3.28. The number of piperidine rings is 1. The summed E-state index contributed by atoms with van der Waals surface area (Å²) in [7, 11) is 3.10. The standard InChI is InChI=1S/C18H30F3N5O/c1-22-17(23-8-11-25(2)14-18(19,20)21)24-13-15(16-7-6-12-27-16)26-9-4-3-5-10-26/h6-7,12,15H,3-5,8-11,13-14H2,1-2H3,(H2,22,23,24). The van der Waals surface area contributed by atoms with Crippen LogP contribution in [0.4, 0.5) is 13.2 Å². The number of guanidine groups is 1. The van der Waals surface area contributed by atoms with E-state index in [1.54, 1.807) is 13.3 Å². The van der Waals surface area contributed by atoms with Crippen LogP contribution < -0.4 is 10.6 Å². The minimum atomic E-state index is -4.18. The largest absolute Gasteiger partial charge is 0.468 e. The zero-order valence-corrected chi connectivity index (χ0v) is 16.1. The van der Waals surface area contributed by atoms with E-state index in [2.05, 4.69) is 20.5 Å². The fraction of sp³-hybridized carbons (Fsp3) is 0.722. The van der Waals surface area contributed by atoms with Crippen LogP contribution in [0.25, 0.3) is 0 Å². The number of likely N-dealkylation sites (tertiary alicyclic amines) is 1. The van der Waals surface area contributed by atoms with Crippen LogP contribution in [0.5, 0.6) is 0 Å². The van der Waals surface area contributed by atoms with Crippen molar-refractivity contribution in [3.8, 4) is 0 Å². The van der Waals surface area contributed by atoms with Crippen LogP contribution in [0.3, 0.4) is 0 Å². The lowest BCUT2D eigenvalue weighted by Crippen LogP contribution is -2.46. The number of hydrogen-bond acceptors (Lipinski definition) is 4. The minimum Gasteiger partial charge on any atom is -0.468 e. The highest BCUT2D eigenvalue weighted by molar-refractivity contribution is 5.79. The average molecular weight is 389 g/mol. The molecule has 2 rings (SSSR count). The molecular weight excluding hydrogens is 359 g/mol. The Labute approximate surface area is 158 Å². The van der Waals surface area contributed by atoms with Gasteiger partial charge in [0, 0.05) is 26.7 Å². The molecule has 1 fully saturated rings. The predicted molar refractivity (Wildman–Crippen MR) is 99.8 cm³/mol. The van der Waals surface area contributed by atoms with E-state index in [0.717, 1.165) is 18.8 Å². The summed E-state index contributed by atoms with van der Waals surface area (Å²) in [5.41, 5.74) is 0. The van der Waals surface area contributed by atoms with Crippen LogP contribution in [0.2, 0.25) is 0 Å². The topological polar surface area (TPSA) is 56.0 Å². The Balaban J connectivity index is 1.81. The van der Waals surface area contributed by atoms with Crippen molar-refractivity contribution in [3.63, 3.8) is 0 Å². The van der Waals surface area contributed by atoms with E-state index >= 15 is 0 Å². The molecule has 2 N–H and O–H groups in total. The van der Waals surface area contributed by atoms with Crippen molar-refractivity contribution in [2.24, 2.45) is 4.99 Å². The summed E-state index contributed by atoms with van der Waals surface area (Å²) in [5.74, 6) is 1.48. The maximum Gasteiger partial charge on any atom is 0.401 e. The van der Waals surface area contributed by atoms with Crippen molar-refractivity contribution in [2.45, 2.75) is 31.5 Å².